The van der Waals surface area contributed by atoms with Gasteiger partial charge < -0.3 is 20.1 Å². The van der Waals surface area contributed by atoms with Crippen molar-refractivity contribution in [1.82, 2.24) is 35.4 Å². The van der Waals surface area contributed by atoms with Gasteiger partial charge >= 0.3 is 0 Å². The molecule has 6 rings (SSSR count). The summed E-state index contributed by atoms with van der Waals surface area (Å²) in [4.78, 5) is 18.1. The number of aromatic nitrogens is 5. The largest absolute Gasteiger partial charge is 0.367 e. The van der Waals surface area contributed by atoms with Crippen LogP contribution in [-0.2, 0) is 0 Å². The van der Waals surface area contributed by atoms with E-state index >= 15 is 0 Å². The first-order valence-electron chi connectivity index (χ1n) is 11.2. The lowest BCUT2D eigenvalue weighted by Gasteiger charge is -2.34. The number of nitrogens with one attached hydrogen (secondary N) is 3. The molecule has 4 aromatic rings. The quantitative estimate of drug-likeness (QED) is 0.476. The van der Waals surface area contributed by atoms with Crippen molar-refractivity contribution in [3.8, 4) is 11.5 Å². The number of H-pyrrole nitrogens is 2. The number of piperidine rings is 1. The SMILES string of the molecule is CN1CCN(c2cccc3[nH]c(-c4n[nH]c5cnc(C6CCNCC6)cc45)nc23)CC1. The zero-order chi connectivity index (χ0) is 20.8. The predicted molar refractivity (Wildman–Crippen MR) is 124 cm³/mol. The minimum absolute atomic E-state index is 0.507. The molecule has 0 radical (unpaired) electrons. The Kier molecular flexibility index (Phi) is 4.61. The Hall–Kier alpha value is -2.97. The van der Waals surface area contributed by atoms with E-state index in [0.29, 0.717) is 5.92 Å². The highest BCUT2D eigenvalue weighted by Gasteiger charge is 2.21. The average molecular weight is 417 g/mol. The second kappa shape index (κ2) is 7.62. The molecule has 1 aromatic carbocycles. The Morgan fingerprint density at radius 1 is 1.03 bits per heavy atom. The highest BCUT2D eigenvalue weighted by molar-refractivity contribution is 5.95. The second-order valence-electron chi connectivity index (χ2n) is 8.80. The minimum atomic E-state index is 0.507. The number of nitrogens with zero attached hydrogens (tertiary/aromatic N) is 5. The third-order valence-corrected chi connectivity index (χ3v) is 6.79. The summed E-state index contributed by atoms with van der Waals surface area (Å²) in [6.07, 6.45) is 4.18. The van der Waals surface area contributed by atoms with Crippen LogP contribution in [0.2, 0.25) is 0 Å². The van der Waals surface area contributed by atoms with Crippen molar-refractivity contribution >= 4 is 27.6 Å². The molecular weight excluding hydrogens is 388 g/mol. The van der Waals surface area contributed by atoms with Crippen molar-refractivity contribution in [1.29, 1.82) is 0 Å². The topological polar surface area (TPSA) is 88.8 Å². The lowest BCUT2D eigenvalue weighted by molar-refractivity contribution is 0.313. The van der Waals surface area contributed by atoms with Crippen molar-refractivity contribution in [3.63, 3.8) is 0 Å². The third kappa shape index (κ3) is 3.36. The summed E-state index contributed by atoms with van der Waals surface area (Å²) in [6.45, 7) is 6.31. The van der Waals surface area contributed by atoms with E-state index in [1.54, 1.807) is 0 Å². The Morgan fingerprint density at radius 2 is 1.87 bits per heavy atom. The number of para-hydroxylation sites is 1. The van der Waals surface area contributed by atoms with Gasteiger partial charge in [0, 0.05) is 43.2 Å². The molecule has 0 saturated carbocycles. The average Bonchev–Trinajstić information content (AvgIpc) is 3.43. The molecule has 2 aliphatic heterocycles. The van der Waals surface area contributed by atoms with Crippen LogP contribution in [-0.4, -0.2) is 76.4 Å². The number of piperazine rings is 1. The zero-order valence-corrected chi connectivity index (χ0v) is 17.9. The molecule has 31 heavy (non-hydrogen) atoms. The molecule has 8 nitrogen and oxygen atoms in total. The fourth-order valence-corrected chi connectivity index (χ4v) is 4.89. The van der Waals surface area contributed by atoms with Crippen LogP contribution in [0.4, 0.5) is 5.69 Å². The van der Waals surface area contributed by atoms with E-state index in [-0.39, 0.29) is 0 Å². The van der Waals surface area contributed by atoms with E-state index in [9.17, 15) is 0 Å². The van der Waals surface area contributed by atoms with Crippen molar-refractivity contribution in [2.45, 2.75) is 18.8 Å². The monoisotopic (exact) mass is 416 g/mol. The zero-order valence-electron chi connectivity index (χ0n) is 17.9. The number of fused-ring (bicyclic) bond motifs is 2. The first kappa shape index (κ1) is 18.8. The van der Waals surface area contributed by atoms with Gasteiger partial charge in [-0.1, -0.05) is 6.07 Å². The van der Waals surface area contributed by atoms with Crippen LogP contribution in [0.3, 0.4) is 0 Å². The molecule has 3 aromatic heterocycles. The van der Waals surface area contributed by atoms with Gasteiger partial charge in [0.1, 0.15) is 11.2 Å². The van der Waals surface area contributed by atoms with Crippen LogP contribution in [0.25, 0.3) is 33.5 Å². The Bertz CT molecular complexity index is 1210. The molecule has 0 aliphatic carbocycles. The van der Waals surface area contributed by atoms with Gasteiger partial charge in [-0.2, -0.15) is 5.10 Å². The fourth-order valence-electron chi connectivity index (χ4n) is 4.89. The number of hydrogen-bond donors (Lipinski definition) is 3. The highest BCUT2D eigenvalue weighted by Crippen LogP contribution is 2.32. The molecule has 5 heterocycles. The van der Waals surface area contributed by atoms with Crippen LogP contribution >= 0.6 is 0 Å². The molecule has 0 atom stereocenters. The lowest BCUT2D eigenvalue weighted by atomic mass is 9.93. The van der Waals surface area contributed by atoms with E-state index < -0.39 is 0 Å². The van der Waals surface area contributed by atoms with Gasteiger partial charge in [0.25, 0.3) is 0 Å². The summed E-state index contributed by atoms with van der Waals surface area (Å²) in [5, 5.41) is 12.3. The van der Waals surface area contributed by atoms with E-state index in [1.165, 1.54) is 5.69 Å². The first-order valence-corrected chi connectivity index (χ1v) is 11.2. The molecule has 0 spiro atoms. The van der Waals surface area contributed by atoms with Crippen LogP contribution in [0.15, 0.2) is 30.5 Å². The lowest BCUT2D eigenvalue weighted by Crippen LogP contribution is -2.44. The molecular formula is C23H28N8. The summed E-state index contributed by atoms with van der Waals surface area (Å²) in [7, 11) is 2.18. The maximum atomic E-state index is 5.02. The van der Waals surface area contributed by atoms with Crippen molar-refractivity contribution < 1.29 is 0 Å². The van der Waals surface area contributed by atoms with Crippen LogP contribution in [0, 0.1) is 0 Å². The van der Waals surface area contributed by atoms with Crippen LogP contribution in [0.5, 0.6) is 0 Å². The normalized spacial score (nSPS) is 18.9. The minimum Gasteiger partial charge on any atom is -0.367 e. The molecule has 8 heteroatoms. The standard InChI is InChI=1S/C23H28N8/c1-30-9-11-31(12-10-30)20-4-2-3-17-22(20)27-23(26-17)21-16-13-18(15-5-7-24-8-6-15)25-14-19(16)28-29-21/h2-4,13-15,24H,5-12H2,1H3,(H,26,27)(H,28,29). The molecule has 3 N–H and O–H groups in total. The molecule has 160 valence electrons. The summed E-state index contributed by atoms with van der Waals surface area (Å²) in [5.41, 5.74) is 6.25. The van der Waals surface area contributed by atoms with Gasteiger partial charge in [0.2, 0.25) is 0 Å². The summed E-state index contributed by atoms with van der Waals surface area (Å²) in [5.74, 6) is 1.32. The smallest absolute Gasteiger partial charge is 0.159 e. The molecule has 2 fully saturated rings. The van der Waals surface area contributed by atoms with E-state index in [4.69, 9.17) is 9.97 Å². The van der Waals surface area contributed by atoms with Crippen molar-refractivity contribution in [3.05, 3.63) is 36.2 Å². The number of imidazole rings is 1. The number of likely N-dealkylation sites (N-methyl/N-ethyl adjacent to an activating group) is 1. The summed E-state index contributed by atoms with van der Waals surface area (Å²) in [6, 6.07) is 8.60. The van der Waals surface area contributed by atoms with Crippen LogP contribution < -0.4 is 10.2 Å². The van der Waals surface area contributed by atoms with Crippen LogP contribution in [0.1, 0.15) is 24.5 Å². The number of rotatable bonds is 3. The molecule has 0 unspecified atom stereocenters. The van der Waals surface area contributed by atoms with Gasteiger partial charge in [-0.3, -0.25) is 10.1 Å². The molecule has 0 bridgehead atoms. The first-order chi connectivity index (χ1) is 15.3. The fraction of sp³-hybridized carbons (Fsp3) is 0.435. The maximum Gasteiger partial charge on any atom is 0.159 e. The van der Waals surface area contributed by atoms with E-state index in [2.05, 4.69) is 61.6 Å². The van der Waals surface area contributed by atoms with Crippen molar-refractivity contribution in [2.75, 3.05) is 51.2 Å². The van der Waals surface area contributed by atoms with E-state index in [1.807, 2.05) is 6.20 Å². The number of anilines is 1. The summed E-state index contributed by atoms with van der Waals surface area (Å²) >= 11 is 0. The van der Waals surface area contributed by atoms with E-state index in [0.717, 1.165) is 91.3 Å². The maximum absolute atomic E-state index is 5.02. The third-order valence-electron chi connectivity index (χ3n) is 6.79. The number of aromatic amines is 2. The van der Waals surface area contributed by atoms with Gasteiger partial charge in [-0.25, -0.2) is 4.98 Å². The second-order valence-corrected chi connectivity index (χ2v) is 8.80. The highest BCUT2D eigenvalue weighted by atomic mass is 15.3. The Balaban J connectivity index is 1.40. The number of benzene rings is 1. The number of pyridine rings is 1. The Morgan fingerprint density at radius 3 is 2.71 bits per heavy atom. The molecule has 2 saturated heterocycles. The van der Waals surface area contributed by atoms with Gasteiger partial charge in [-0.05, 0) is 51.2 Å². The molecule has 0 amide bonds. The predicted octanol–water partition coefficient (Wildman–Crippen LogP) is 2.72. The van der Waals surface area contributed by atoms with Gasteiger partial charge in [-0.15, -0.1) is 0 Å². The van der Waals surface area contributed by atoms with Crippen molar-refractivity contribution in [2.24, 2.45) is 0 Å². The number of hydrogen-bond acceptors (Lipinski definition) is 6. The summed E-state index contributed by atoms with van der Waals surface area (Å²) < 4.78 is 0. The Labute approximate surface area is 181 Å². The molecule has 2 aliphatic rings. The van der Waals surface area contributed by atoms with Gasteiger partial charge in [0.15, 0.2) is 5.82 Å². The van der Waals surface area contributed by atoms with Gasteiger partial charge in [0.05, 0.1) is 22.9 Å².